The monoisotopic (exact) mass is 367 g/mol. The average molecular weight is 367 g/mol. The van der Waals surface area contributed by atoms with Gasteiger partial charge in [-0.3, -0.25) is 4.57 Å². The summed E-state index contributed by atoms with van der Waals surface area (Å²) >= 11 is 1.51. The summed E-state index contributed by atoms with van der Waals surface area (Å²) in [7, 11) is 0. The van der Waals surface area contributed by atoms with Crippen LogP contribution < -0.4 is 0 Å². The van der Waals surface area contributed by atoms with Gasteiger partial charge < -0.3 is 8.94 Å². The van der Waals surface area contributed by atoms with Crippen LogP contribution in [-0.2, 0) is 12.3 Å². The van der Waals surface area contributed by atoms with E-state index < -0.39 is 0 Å². The molecule has 8 heteroatoms. The van der Waals surface area contributed by atoms with E-state index in [1.165, 1.54) is 11.8 Å². The fraction of sp³-hybridized carbons (Fsp3) is 0.222. The van der Waals surface area contributed by atoms with E-state index in [-0.39, 0.29) is 0 Å². The van der Waals surface area contributed by atoms with E-state index in [9.17, 15) is 0 Å². The molecule has 0 atom stereocenters. The molecule has 0 radical (unpaired) electrons. The summed E-state index contributed by atoms with van der Waals surface area (Å²) in [4.78, 5) is 4.24. The van der Waals surface area contributed by atoms with Gasteiger partial charge in [-0.05, 0) is 31.5 Å². The minimum atomic E-state index is 0.533. The van der Waals surface area contributed by atoms with E-state index in [0.29, 0.717) is 24.0 Å². The zero-order valence-corrected chi connectivity index (χ0v) is 15.2. The minimum absolute atomic E-state index is 0.533. The van der Waals surface area contributed by atoms with Gasteiger partial charge >= 0.3 is 0 Å². The van der Waals surface area contributed by atoms with Crippen LogP contribution in [0.25, 0.3) is 11.4 Å². The molecule has 3 heterocycles. The van der Waals surface area contributed by atoms with Crippen LogP contribution in [0.1, 0.15) is 23.0 Å². The number of aromatic nitrogens is 5. The molecular formula is C18H17N5O2S. The molecule has 0 N–H and O–H groups in total. The van der Waals surface area contributed by atoms with Gasteiger partial charge in [0.25, 0.3) is 0 Å². The van der Waals surface area contributed by atoms with Crippen molar-refractivity contribution in [1.82, 2.24) is 24.9 Å². The molecule has 132 valence electrons. The van der Waals surface area contributed by atoms with Crippen molar-refractivity contribution in [3.05, 3.63) is 65.7 Å². The fourth-order valence-electron chi connectivity index (χ4n) is 2.64. The van der Waals surface area contributed by atoms with Crippen molar-refractivity contribution in [3.63, 3.8) is 0 Å². The smallest absolute Gasteiger partial charge is 0.237 e. The number of aryl methyl sites for hydroxylation is 2. The molecule has 1 aromatic carbocycles. The van der Waals surface area contributed by atoms with Crippen LogP contribution in [-0.4, -0.2) is 24.9 Å². The number of hydrogen-bond acceptors (Lipinski definition) is 7. The Balaban J connectivity index is 1.68. The highest BCUT2D eigenvalue weighted by Gasteiger charge is 2.18. The van der Waals surface area contributed by atoms with E-state index in [2.05, 4.69) is 37.9 Å². The van der Waals surface area contributed by atoms with Crippen LogP contribution in [0.4, 0.5) is 0 Å². The van der Waals surface area contributed by atoms with Crippen LogP contribution in [0.15, 0.2) is 56.8 Å². The lowest BCUT2D eigenvalue weighted by atomic mass is 10.1. The normalized spacial score (nSPS) is 11.2. The summed E-state index contributed by atoms with van der Waals surface area (Å²) in [6, 6.07) is 11.9. The Hall–Kier alpha value is -2.87. The largest absolute Gasteiger partial charge is 0.467 e. The van der Waals surface area contributed by atoms with Crippen molar-refractivity contribution in [1.29, 1.82) is 0 Å². The third kappa shape index (κ3) is 3.41. The molecule has 0 aliphatic carbocycles. The second-order valence-corrected chi connectivity index (χ2v) is 6.75. The summed E-state index contributed by atoms with van der Waals surface area (Å²) in [6.07, 6.45) is 1.67. The van der Waals surface area contributed by atoms with Crippen molar-refractivity contribution in [3.8, 4) is 11.4 Å². The highest BCUT2D eigenvalue weighted by molar-refractivity contribution is 7.98. The standard InChI is InChI=1S/C18H17N5O2S/c1-12-6-3-4-8-15(12)17-20-21-18(23(17)10-14-7-5-9-24-14)26-11-16-19-13(2)22-25-16/h3-9H,10-11H2,1-2H3. The zero-order valence-electron chi connectivity index (χ0n) is 14.4. The van der Waals surface area contributed by atoms with Crippen LogP contribution in [0.2, 0.25) is 0 Å². The average Bonchev–Trinajstić information content (AvgIpc) is 3.37. The molecule has 7 nitrogen and oxygen atoms in total. The third-order valence-corrected chi connectivity index (χ3v) is 4.84. The lowest BCUT2D eigenvalue weighted by Gasteiger charge is -2.10. The molecule has 3 aromatic heterocycles. The van der Waals surface area contributed by atoms with E-state index in [4.69, 9.17) is 8.94 Å². The zero-order chi connectivity index (χ0) is 17.9. The van der Waals surface area contributed by atoms with Gasteiger partial charge in [-0.2, -0.15) is 4.98 Å². The predicted octanol–water partition coefficient (Wildman–Crippen LogP) is 3.88. The van der Waals surface area contributed by atoms with Crippen molar-refractivity contribution in [2.45, 2.75) is 31.3 Å². The molecule has 26 heavy (non-hydrogen) atoms. The first-order valence-electron chi connectivity index (χ1n) is 8.14. The Morgan fingerprint density at radius 3 is 2.69 bits per heavy atom. The number of hydrogen-bond donors (Lipinski definition) is 0. The van der Waals surface area contributed by atoms with Crippen molar-refractivity contribution >= 4 is 11.8 Å². The topological polar surface area (TPSA) is 82.8 Å². The van der Waals surface area contributed by atoms with Gasteiger partial charge in [0.05, 0.1) is 18.6 Å². The maximum absolute atomic E-state index is 5.52. The number of thioether (sulfide) groups is 1. The molecule has 0 aliphatic heterocycles. The first-order chi connectivity index (χ1) is 12.7. The number of furan rings is 1. The van der Waals surface area contributed by atoms with E-state index in [1.54, 1.807) is 13.2 Å². The van der Waals surface area contributed by atoms with Gasteiger partial charge in [0, 0.05) is 5.56 Å². The van der Waals surface area contributed by atoms with Crippen LogP contribution >= 0.6 is 11.8 Å². The molecule has 0 fully saturated rings. The lowest BCUT2D eigenvalue weighted by molar-refractivity contribution is 0.387. The second-order valence-electron chi connectivity index (χ2n) is 5.81. The summed E-state index contributed by atoms with van der Waals surface area (Å²) in [5.41, 5.74) is 2.19. The van der Waals surface area contributed by atoms with Gasteiger partial charge in [0.2, 0.25) is 5.89 Å². The third-order valence-electron chi connectivity index (χ3n) is 3.89. The van der Waals surface area contributed by atoms with Crippen molar-refractivity contribution < 1.29 is 8.94 Å². The van der Waals surface area contributed by atoms with Crippen LogP contribution in [0, 0.1) is 13.8 Å². The van der Waals surface area contributed by atoms with Gasteiger partial charge in [-0.15, -0.1) is 10.2 Å². The number of benzene rings is 1. The molecular weight excluding hydrogens is 350 g/mol. The minimum Gasteiger partial charge on any atom is -0.467 e. The summed E-state index contributed by atoms with van der Waals surface area (Å²) < 4.78 is 12.8. The second kappa shape index (κ2) is 7.17. The fourth-order valence-corrected chi connectivity index (χ4v) is 3.42. The SMILES string of the molecule is Cc1noc(CSc2nnc(-c3ccccc3C)n2Cc2ccco2)n1. The molecule has 0 bridgehead atoms. The summed E-state index contributed by atoms with van der Waals surface area (Å²) in [5.74, 6) is 3.37. The quantitative estimate of drug-likeness (QED) is 0.478. The van der Waals surface area contributed by atoms with Crippen molar-refractivity contribution in [2.75, 3.05) is 0 Å². The molecule has 0 spiro atoms. The molecule has 4 aromatic rings. The molecule has 4 rings (SSSR count). The van der Waals surface area contributed by atoms with E-state index in [1.807, 2.05) is 30.3 Å². The maximum Gasteiger partial charge on any atom is 0.237 e. The number of rotatable bonds is 6. The maximum atomic E-state index is 5.52. The van der Waals surface area contributed by atoms with Gasteiger partial charge in [0.15, 0.2) is 16.8 Å². The van der Waals surface area contributed by atoms with Crippen LogP contribution in [0.3, 0.4) is 0 Å². The number of nitrogens with zero attached hydrogens (tertiary/aromatic N) is 5. The predicted molar refractivity (Wildman–Crippen MR) is 96.6 cm³/mol. The first kappa shape index (κ1) is 16.6. The highest BCUT2D eigenvalue weighted by Crippen LogP contribution is 2.28. The summed E-state index contributed by atoms with van der Waals surface area (Å²) in [6.45, 7) is 4.41. The Kier molecular flexibility index (Phi) is 4.57. The first-order valence-corrected chi connectivity index (χ1v) is 9.13. The van der Waals surface area contributed by atoms with Crippen LogP contribution in [0.5, 0.6) is 0 Å². The Morgan fingerprint density at radius 2 is 1.96 bits per heavy atom. The van der Waals surface area contributed by atoms with E-state index in [0.717, 1.165) is 27.9 Å². The molecule has 0 amide bonds. The Bertz CT molecular complexity index is 1010. The Morgan fingerprint density at radius 1 is 1.08 bits per heavy atom. The Labute approximate surface area is 154 Å². The molecule has 0 aliphatic rings. The molecule has 0 saturated carbocycles. The van der Waals surface area contributed by atoms with Gasteiger partial charge in [-0.1, -0.05) is 41.2 Å². The van der Waals surface area contributed by atoms with Gasteiger partial charge in [-0.25, -0.2) is 0 Å². The van der Waals surface area contributed by atoms with Gasteiger partial charge in [0.1, 0.15) is 5.76 Å². The highest BCUT2D eigenvalue weighted by atomic mass is 32.2. The van der Waals surface area contributed by atoms with E-state index >= 15 is 0 Å². The molecule has 0 unspecified atom stereocenters. The van der Waals surface area contributed by atoms with Crippen molar-refractivity contribution in [2.24, 2.45) is 0 Å². The lowest BCUT2D eigenvalue weighted by Crippen LogP contribution is -2.04. The summed E-state index contributed by atoms with van der Waals surface area (Å²) in [5, 5.41) is 13.4. The molecule has 0 saturated heterocycles.